The zero-order chi connectivity index (χ0) is 23.8. The average Bonchev–Trinajstić information content (AvgIpc) is 2.80. The lowest BCUT2D eigenvalue weighted by atomic mass is 10.0. The molecule has 0 aliphatic rings. The number of carbonyl (C=O) groups is 2. The lowest BCUT2D eigenvalue weighted by Crippen LogP contribution is -2.51. The summed E-state index contributed by atoms with van der Waals surface area (Å²) in [6.45, 7) is 2.24. The molecule has 3 aromatic rings. The Hall–Kier alpha value is -2.89. The lowest BCUT2D eigenvalue weighted by Gasteiger charge is -2.32. The van der Waals surface area contributed by atoms with E-state index in [2.05, 4.69) is 5.32 Å². The summed E-state index contributed by atoms with van der Waals surface area (Å²) in [5.74, 6) is -1.17. The van der Waals surface area contributed by atoms with Crippen molar-refractivity contribution in [2.24, 2.45) is 0 Å². The second-order valence-electron chi connectivity index (χ2n) is 7.59. The van der Waals surface area contributed by atoms with Crippen LogP contribution >= 0.6 is 23.2 Å². The van der Waals surface area contributed by atoms with E-state index in [1.807, 2.05) is 37.3 Å². The summed E-state index contributed by atoms with van der Waals surface area (Å²) < 4.78 is 14.3. The van der Waals surface area contributed by atoms with Crippen molar-refractivity contribution in [1.82, 2.24) is 10.2 Å². The van der Waals surface area contributed by atoms with Gasteiger partial charge in [0.15, 0.2) is 0 Å². The molecule has 0 spiro atoms. The van der Waals surface area contributed by atoms with Crippen molar-refractivity contribution in [1.29, 1.82) is 0 Å². The van der Waals surface area contributed by atoms with Crippen LogP contribution in [0.3, 0.4) is 0 Å². The largest absolute Gasteiger partial charge is 0.355 e. The zero-order valence-corrected chi connectivity index (χ0v) is 19.7. The second-order valence-corrected chi connectivity index (χ2v) is 8.40. The van der Waals surface area contributed by atoms with E-state index in [0.29, 0.717) is 22.2 Å². The molecule has 33 heavy (non-hydrogen) atoms. The summed E-state index contributed by atoms with van der Waals surface area (Å²) in [5.41, 5.74) is 1.68. The Morgan fingerprint density at radius 2 is 1.58 bits per heavy atom. The van der Waals surface area contributed by atoms with Crippen molar-refractivity contribution < 1.29 is 14.0 Å². The van der Waals surface area contributed by atoms with E-state index in [4.69, 9.17) is 23.2 Å². The monoisotopic (exact) mass is 486 g/mol. The molecule has 3 rings (SSSR count). The van der Waals surface area contributed by atoms with Gasteiger partial charge in [0.05, 0.1) is 6.42 Å². The predicted molar refractivity (Wildman–Crippen MR) is 130 cm³/mol. The van der Waals surface area contributed by atoms with Crippen LogP contribution in [-0.2, 0) is 29.0 Å². The van der Waals surface area contributed by atoms with Crippen molar-refractivity contribution in [3.63, 3.8) is 0 Å². The molecule has 0 bridgehead atoms. The second kappa shape index (κ2) is 11.8. The van der Waals surface area contributed by atoms with Gasteiger partial charge in [0.25, 0.3) is 0 Å². The fourth-order valence-electron chi connectivity index (χ4n) is 3.61. The van der Waals surface area contributed by atoms with Crippen molar-refractivity contribution in [2.45, 2.75) is 32.4 Å². The molecule has 0 unspecified atom stereocenters. The van der Waals surface area contributed by atoms with Gasteiger partial charge in [-0.3, -0.25) is 9.59 Å². The van der Waals surface area contributed by atoms with Crippen molar-refractivity contribution in [3.8, 4) is 0 Å². The summed E-state index contributed by atoms with van der Waals surface area (Å²) >= 11 is 12.8. The molecule has 0 aromatic heterocycles. The van der Waals surface area contributed by atoms with E-state index in [1.165, 1.54) is 11.0 Å². The van der Waals surface area contributed by atoms with Gasteiger partial charge in [0.2, 0.25) is 11.8 Å². The summed E-state index contributed by atoms with van der Waals surface area (Å²) in [5, 5.41) is 3.60. The molecule has 0 radical (unpaired) electrons. The van der Waals surface area contributed by atoms with Crippen molar-refractivity contribution >= 4 is 35.0 Å². The third kappa shape index (κ3) is 6.56. The summed E-state index contributed by atoms with van der Waals surface area (Å²) in [6.07, 6.45) is 0.0944. The van der Waals surface area contributed by atoms with E-state index in [-0.39, 0.29) is 30.9 Å². The molecule has 3 aromatic carbocycles. The highest BCUT2D eigenvalue weighted by Gasteiger charge is 2.31. The van der Waals surface area contributed by atoms with Crippen LogP contribution in [0.15, 0.2) is 72.8 Å². The molecule has 4 nitrogen and oxygen atoms in total. The molecule has 0 aliphatic heterocycles. The van der Waals surface area contributed by atoms with Crippen molar-refractivity contribution in [2.75, 3.05) is 6.54 Å². The number of rotatable bonds is 9. The molecule has 0 saturated heterocycles. The molecule has 0 fully saturated rings. The minimum Gasteiger partial charge on any atom is -0.355 e. The van der Waals surface area contributed by atoms with Gasteiger partial charge in [-0.1, -0.05) is 77.8 Å². The van der Waals surface area contributed by atoms with E-state index < -0.39 is 17.8 Å². The number of carbonyl (C=O) groups excluding carboxylic acids is 2. The number of halogens is 3. The third-order valence-corrected chi connectivity index (χ3v) is 6.02. The van der Waals surface area contributed by atoms with Crippen LogP contribution in [-0.4, -0.2) is 29.3 Å². The first kappa shape index (κ1) is 24.7. The van der Waals surface area contributed by atoms with Crippen LogP contribution in [0.5, 0.6) is 0 Å². The molecular weight excluding hydrogens is 462 g/mol. The van der Waals surface area contributed by atoms with E-state index >= 15 is 0 Å². The molecule has 0 heterocycles. The average molecular weight is 487 g/mol. The van der Waals surface area contributed by atoms with Gasteiger partial charge in [0, 0.05) is 35.1 Å². The Morgan fingerprint density at radius 3 is 2.21 bits per heavy atom. The van der Waals surface area contributed by atoms with Crippen LogP contribution in [0.2, 0.25) is 10.0 Å². The van der Waals surface area contributed by atoms with Crippen LogP contribution in [0.1, 0.15) is 23.6 Å². The zero-order valence-electron chi connectivity index (χ0n) is 18.2. The Balaban J connectivity index is 2.02. The first-order chi connectivity index (χ1) is 15.9. The van der Waals surface area contributed by atoms with Gasteiger partial charge in [0.1, 0.15) is 11.9 Å². The number of hydrogen-bond donors (Lipinski definition) is 1. The van der Waals surface area contributed by atoms with Gasteiger partial charge < -0.3 is 10.2 Å². The summed E-state index contributed by atoms with van der Waals surface area (Å²) in [4.78, 5) is 28.1. The van der Waals surface area contributed by atoms with Gasteiger partial charge in [-0.2, -0.15) is 0 Å². The predicted octanol–water partition coefficient (Wildman–Crippen LogP) is 5.45. The minimum absolute atomic E-state index is 0.0143. The Bertz CT molecular complexity index is 1090. The molecule has 1 N–H and O–H groups in total. The van der Waals surface area contributed by atoms with Gasteiger partial charge in [-0.15, -0.1) is 0 Å². The summed E-state index contributed by atoms with van der Waals surface area (Å²) in [6, 6.07) is 19.8. The van der Waals surface area contributed by atoms with Crippen LogP contribution in [0, 0.1) is 5.82 Å². The standard InChI is InChI=1S/C26H25Cl2FN2O2/c1-2-30-26(33)24(15-18-9-4-3-5-10-18)31(17-20-21(27)12-8-13-22(20)28)25(32)16-19-11-6-7-14-23(19)29/h3-14,24H,2,15-17H2,1H3,(H,30,33)/t24-/m0/s1. The lowest BCUT2D eigenvalue weighted by molar-refractivity contribution is -0.140. The van der Waals surface area contributed by atoms with E-state index in [0.717, 1.165) is 5.56 Å². The Labute approximate surface area is 203 Å². The molecular formula is C26H25Cl2FN2O2. The maximum atomic E-state index is 14.3. The highest BCUT2D eigenvalue weighted by Crippen LogP contribution is 2.27. The number of benzene rings is 3. The number of hydrogen-bond acceptors (Lipinski definition) is 2. The topological polar surface area (TPSA) is 49.4 Å². The third-order valence-electron chi connectivity index (χ3n) is 5.31. The van der Waals surface area contributed by atoms with Crippen molar-refractivity contribution in [3.05, 3.63) is 105 Å². The number of nitrogens with one attached hydrogen (secondary N) is 1. The molecule has 1 atom stereocenters. The van der Waals surface area contributed by atoms with Crippen LogP contribution in [0.4, 0.5) is 4.39 Å². The molecule has 0 saturated carbocycles. The quantitative estimate of drug-likeness (QED) is 0.437. The Kier molecular flexibility index (Phi) is 8.87. The highest BCUT2D eigenvalue weighted by atomic mass is 35.5. The smallest absolute Gasteiger partial charge is 0.243 e. The first-order valence-corrected chi connectivity index (χ1v) is 11.4. The first-order valence-electron chi connectivity index (χ1n) is 10.7. The highest BCUT2D eigenvalue weighted by molar-refractivity contribution is 6.36. The van der Waals surface area contributed by atoms with Gasteiger partial charge in [-0.25, -0.2) is 4.39 Å². The van der Waals surface area contributed by atoms with E-state index in [9.17, 15) is 14.0 Å². The fraction of sp³-hybridized carbons (Fsp3) is 0.231. The van der Waals surface area contributed by atoms with Gasteiger partial charge >= 0.3 is 0 Å². The number of amides is 2. The number of likely N-dealkylation sites (N-methyl/N-ethyl adjacent to an activating group) is 1. The van der Waals surface area contributed by atoms with Crippen LogP contribution < -0.4 is 5.32 Å². The Morgan fingerprint density at radius 1 is 0.939 bits per heavy atom. The molecule has 2 amide bonds. The maximum absolute atomic E-state index is 14.3. The maximum Gasteiger partial charge on any atom is 0.243 e. The van der Waals surface area contributed by atoms with Crippen LogP contribution in [0.25, 0.3) is 0 Å². The molecule has 172 valence electrons. The SMILES string of the molecule is CCNC(=O)[C@H](Cc1ccccc1)N(Cc1c(Cl)cccc1Cl)C(=O)Cc1ccccc1F. The minimum atomic E-state index is -0.834. The fourth-order valence-corrected chi connectivity index (χ4v) is 4.12. The summed E-state index contributed by atoms with van der Waals surface area (Å²) in [7, 11) is 0. The molecule has 7 heteroatoms. The normalized spacial score (nSPS) is 11.6. The number of nitrogens with zero attached hydrogens (tertiary/aromatic N) is 1. The van der Waals surface area contributed by atoms with Gasteiger partial charge in [-0.05, 0) is 36.2 Å². The van der Waals surface area contributed by atoms with E-state index in [1.54, 1.807) is 36.4 Å². The molecule has 0 aliphatic carbocycles.